The zero-order valence-corrected chi connectivity index (χ0v) is 19.0. The number of hydrogen-bond donors (Lipinski definition) is 2. The molecular weight excluding hydrogens is 429 g/mol. The third kappa shape index (κ3) is 4.23. The van der Waals surface area contributed by atoms with Gasteiger partial charge in [0.1, 0.15) is 16.6 Å². The summed E-state index contributed by atoms with van der Waals surface area (Å²) in [4.78, 5) is 16.7. The summed E-state index contributed by atoms with van der Waals surface area (Å²) in [6.45, 7) is 7.39. The van der Waals surface area contributed by atoms with Crippen LogP contribution < -0.4 is 15.0 Å². The van der Waals surface area contributed by atoms with E-state index in [-0.39, 0.29) is 11.8 Å². The van der Waals surface area contributed by atoms with E-state index in [2.05, 4.69) is 41.5 Å². The number of aromatic amines is 1. The van der Waals surface area contributed by atoms with Crippen molar-refractivity contribution in [2.24, 2.45) is 0 Å². The second kappa shape index (κ2) is 8.36. The summed E-state index contributed by atoms with van der Waals surface area (Å²) in [6, 6.07) is 9.09. The van der Waals surface area contributed by atoms with Gasteiger partial charge in [-0.15, -0.1) is 0 Å². The summed E-state index contributed by atoms with van der Waals surface area (Å²) in [7, 11) is 2.10. The molecule has 0 atom stereocenters. The molecule has 0 aliphatic carbocycles. The first kappa shape index (κ1) is 20.7. The molecule has 0 radical (unpaired) electrons. The molecule has 2 N–H and O–H groups in total. The minimum absolute atomic E-state index is 0.0895. The molecule has 1 fully saturated rings. The molecule has 0 spiro atoms. The van der Waals surface area contributed by atoms with Crippen molar-refractivity contribution in [1.82, 2.24) is 24.2 Å². The van der Waals surface area contributed by atoms with E-state index >= 15 is 4.39 Å². The van der Waals surface area contributed by atoms with E-state index in [1.165, 1.54) is 11.5 Å². The molecule has 4 heterocycles. The molecule has 1 aliphatic rings. The first-order chi connectivity index (χ1) is 15.4. The number of piperazine rings is 1. The summed E-state index contributed by atoms with van der Waals surface area (Å²) in [5, 5.41) is 4.62. The molecule has 10 heteroatoms. The molecule has 3 aromatic heterocycles. The standard InChI is InChI=1S/C22H24FN7OS/c1-13-10-15-16(24-13)4-5-17(21(15)23)31-22-26-18(25-20-11-14(2)28-32-20)12-19(27-22)30-8-6-29(3)7-9-30/h4-5,10-12,24H,6-9H2,1-3H3,(H,25,26,27). The summed E-state index contributed by atoms with van der Waals surface area (Å²) < 4.78 is 25.2. The fraction of sp³-hybridized carbons (Fsp3) is 0.318. The number of rotatable bonds is 5. The van der Waals surface area contributed by atoms with Crippen LogP contribution in [-0.4, -0.2) is 57.5 Å². The van der Waals surface area contributed by atoms with Crippen LogP contribution in [0, 0.1) is 19.7 Å². The lowest BCUT2D eigenvalue weighted by molar-refractivity contribution is 0.311. The first-order valence-electron chi connectivity index (χ1n) is 10.4. The molecule has 0 amide bonds. The van der Waals surface area contributed by atoms with Gasteiger partial charge in [0.2, 0.25) is 0 Å². The number of H-pyrrole nitrogens is 1. The van der Waals surface area contributed by atoms with Crippen molar-refractivity contribution in [3.05, 3.63) is 47.5 Å². The second-order valence-electron chi connectivity index (χ2n) is 8.04. The maximum absolute atomic E-state index is 15.1. The van der Waals surface area contributed by atoms with Gasteiger partial charge in [-0.2, -0.15) is 14.3 Å². The number of nitrogens with zero attached hydrogens (tertiary/aromatic N) is 5. The fourth-order valence-corrected chi connectivity index (χ4v) is 4.40. The van der Waals surface area contributed by atoms with Crippen molar-refractivity contribution in [3.8, 4) is 11.8 Å². The molecule has 1 saturated heterocycles. The Bertz CT molecular complexity index is 1260. The molecule has 0 saturated carbocycles. The second-order valence-corrected chi connectivity index (χ2v) is 8.84. The van der Waals surface area contributed by atoms with Gasteiger partial charge >= 0.3 is 6.01 Å². The number of halogens is 1. The van der Waals surface area contributed by atoms with Gasteiger partial charge in [-0.3, -0.25) is 0 Å². The normalized spacial score (nSPS) is 14.8. The molecule has 5 rings (SSSR count). The van der Waals surface area contributed by atoms with Crippen molar-refractivity contribution in [2.45, 2.75) is 13.8 Å². The van der Waals surface area contributed by atoms with Gasteiger partial charge in [-0.05, 0) is 56.7 Å². The average Bonchev–Trinajstić information content (AvgIpc) is 3.35. The van der Waals surface area contributed by atoms with Gasteiger partial charge in [0.15, 0.2) is 11.6 Å². The summed E-state index contributed by atoms with van der Waals surface area (Å²) in [5.74, 6) is 0.969. The molecule has 0 unspecified atom stereocenters. The average molecular weight is 454 g/mol. The highest BCUT2D eigenvalue weighted by Gasteiger charge is 2.19. The van der Waals surface area contributed by atoms with Gasteiger partial charge < -0.3 is 24.8 Å². The Morgan fingerprint density at radius 2 is 1.91 bits per heavy atom. The molecule has 8 nitrogen and oxygen atoms in total. The van der Waals surface area contributed by atoms with E-state index in [0.717, 1.165) is 53.9 Å². The largest absolute Gasteiger partial charge is 0.421 e. The first-order valence-corrected chi connectivity index (χ1v) is 11.2. The van der Waals surface area contributed by atoms with Crippen molar-refractivity contribution in [2.75, 3.05) is 43.4 Å². The van der Waals surface area contributed by atoms with Crippen LogP contribution in [0.25, 0.3) is 10.9 Å². The number of fused-ring (bicyclic) bond motifs is 1. The van der Waals surface area contributed by atoms with Crippen LogP contribution in [0.3, 0.4) is 0 Å². The zero-order valence-electron chi connectivity index (χ0n) is 18.1. The van der Waals surface area contributed by atoms with Gasteiger partial charge in [0.05, 0.1) is 5.69 Å². The van der Waals surface area contributed by atoms with Crippen LogP contribution in [0.5, 0.6) is 11.8 Å². The van der Waals surface area contributed by atoms with E-state index < -0.39 is 5.82 Å². The Kier molecular flexibility index (Phi) is 5.40. The lowest BCUT2D eigenvalue weighted by atomic mass is 10.2. The van der Waals surface area contributed by atoms with Crippen LogP contribution >= 0.6 is 11.5 Å². The van der Waals surface area contributed by atoms with Crippen LogP contribution in [0.1, 0.15) is 11.4 Å². The lowest BCUT2D eigenvalue weighted by Gasteiger charge is -2.33. The number of aryl methyl sites for hydroxylation is 2. The smallest absolute Gasteiger partial charge is 0.326 e. The Morgan fingerprint density at radius 1 is 1.09 bits per heavy atom. The molecule has 4 aromatic rings. The number of hydrogen-bond acceptors (Lipinski definition) is 8. The topological polar surface area (TPSA) is 82.2 Å². The maximum Gasteiger partial charge on any atom is 0.326 e. The fourth-order valence-electron chi connectivity index (χ4n) is 3.73. The Balaban J connectivity index is 1.49. The molecular formula is C22H24FN7OS. The molecule has 32 heavy (non-hydrogen) atoms. The van der Waals surface area contributed by atoms with Gasteiger partial charge in [0, 0.05) is 48.8 Å². The molecule has 0 bridgehead atoms. The van der Waals surface area contributed by atoms with Crippen LogP contribution in [-0.2, 0) is 0 Å². The number of nitrogens with one attached hydrogen (secondary N) is 2. The minimum atomic E-state index is -0.437. The molecule has 1 aromatic carbocycles. The quantitative estimate of drug-likeness (QED) is 0.462. The monoisotopic (exact) mass is 453 g/mol. The number of likely N-dealkylation sites (N-methyl/N-ethyl adjacent to an activating group) is 1. The van der Waals surface area contributed by atoms with E-state index in [1.807, 2.05) is 26.0 Å². The van der Waals surface area contributed by atoms with Gasteiger partial charge in [-0.25, -0.2) is 4.39 Å². The minimum Gasteiger partial charge on any atom is -0.421 e. The molecule has 166 valence electrons. The Labute approximate surface area is 189 Å². The van der Waals surface area contributed by atoms with E-state index in [9.17, 15) is 0 Å². The van der Waals surface area contributed by atoms with Gasteiger partial charge in [0.25, 0.3) is 0 Å². The third-order valence-corrected chi connectivity index (χ3v) is 6.23. The van der Waals surface area contributed by atoms with Crippen molar-refractivity contribution in [3.63, 3.8) is 0 Å². The predicted molar refractivity (Wildman–Crippen MR) is 125 cm³/mol. The Morgan fingerprint density at radius 3 is 2.66 bits per heavy atom. The Hall–Kier alpha value is -3.24. The van der Waals surface area contributed by atoms with Crippen LogP contribution in [0.15, 0.2) is 30.3 Å². The third-order valence-electron chi connectivity index (χ3n) is 5.44. The van der Waals surface area contributed by atoms with Crippen molar-refractivity contribution < 1.29 is 9.13 Å². The van der Waals surface area contributed by atoms with E-state index in [4.69, 9.17) is 4.74 Å². The zero-order chi connectivity index (χ0) is 22.2. The van der Waals surface area contributed by atoms with E-state index in [1.54, 1.807) is 18.2 Å². The highest BCUT2D eigenvalue weighted by molar-refractivity contribution is 7.10. The number of aromatic nitrogens is 4. The van der Waals surface area contributed by atoms with Crippen molar-refractivity contribution in [1.29, 1.82) is 0 Å². The predicted octanol–water partition coefficient (Wildman–Crippen LogP) is 4.46. The maximum atomic E-state index is 15.1. The van der Waals surface area contributed by atoms with Crippen LogP contribution in [0.4, 0.5) is 21.0 Å². The summed E-state index contributed by atoms with van der Waals surface area (Å²) in [6.07, 6.45) is 0. The number of ether oxygens (including phenoxy) is 1. The highest BCUT2D eigenvalue weighted by Crippen LogP contribution is 2.31. The molecule has 1 aliphatic heterocycles. The number of anilines is 3. The van der Waals surface area contributed by atoms with E-state index in [0.29, 0.717) is 11.2 Å². The van der Waals surface area contributed by atoms with Crippen LogP contribution in [0.2, 0.25) is 0 Å². The highest BCUT2D eigenvalue weighted by atomic mass is 32.1. The summed E-state index contributed by atoms with van der Waals surface area (Å²) >= 11 is 1.36. The SMILES string of the molecule is Cc1cc(Nc2cc(N3CCN(C)CC3)nc(Oc3ccc4[nH]c(C)cc4c3F)n2)sn1. The van der Waals surface area contributed by atoms with Crippen molar-refractivity contribution >= 4 is 39.1 Å². The number of benzene rings is 1. The summed E-state index contributed by atoms with van der Waals surface area (Å²) in [5.41, 5.74) is 2.54. The van der Waals surface area contributed by atoms with Gasteiger partial charge in [-0.1, -0.05) is 0 Å². The lowest BCUT2D eigenvalue weighted by Crippen LogP contribution is -2.44.